The van der Waals surface area contributed by atoms with Crippen LogP contribution < -0.4 is 4.74 Å². The predicted octanol–water partition coefficient (Wildman–Crippen LogP) is 2.85. The molecule has 0 fully saturated rings. The van der Waals surface area contributed by atoms with E-state index in [9.17, 15) is 0 Å². The van der Waals surface area contributed by atoms with Crippen LogP contribution in [-0.2, 0) is 0 Å². The van der Waals surface area contributed by atoms with E-state index in [0.717, 1.165) is 5.52 Å². The van der Waals surface area contributed by atoms with Crippen LogP contribution in [0.1, 0.15) is 25.7 Å². The number of benzene rings is 1. The number of rotatable bonds is 3. The van der Waals surface area contributed by atoms with Gasteiger partial charge in [-0.3, -0.25) is 0 Å². The smallest absolute Gasteiger partial charge is 0.198 e. The number of hydrogen-bond donors (Lipinski definition) is 0. The van der Waals surface area contributed by atoms with Gasteiger partial charge in [-0.05, 0) is 12.1 Å². The minimum absolute atomic E-state index is 0.0384. The average Bonchev–Trinajstić information content (AvgIpc) is 2.69. The minimum atomic E-state index is 0.0384. The first-order chi connectivity index (χ1) is 7.70. The Morgan fingerprint density at radius 1 is 1.50 bits per heavy atom. The van der Waals surface area contributed by atoms with Gasteiger partial charge in [0.25, 0.3) is 0 Å². The summed E-state index contributed by atoms with van der Waals surface area (Å²) in [5.41, 5.74) is 1.51. The first kappa shape index (κ1) is 10.5. The largest absolute Gasteiger partial charge is 0.479 e. The molecule has 16 heavy (non-hydrogen) atoms. The molecule has 1 heterocycles. The molecule has 2 rings (SSSR count). The van der Waals surface area contributed by atoms with Gasteiger partial charge in [0, 0.05) is 12.0 Å². The molecule has 4 heteroatoms. The van der Waals surface area contributed by atoms with Crippen molar-refractivity contribution in [3.63, 3.8) is 0 Å². The van der Waals surface area contributed by atoms with Gasteiger partial charge in [0.2, 0.25) is 0 Å². The van der Waals surface area contributed by atoms with Crippen molar-refractivity contribution in [2.45, 2.75) is 19.8 Å². The lowest BCUT2D eigenvalue weighted by atomic mass is 10.2. The lowest BCUT2D eigenvalue weighted by Gasteiger charge is -1.99. The zero-order chi connectivity index (χ0) is 11.5. The van der Waals surface area contributed by atoms with Crippen molar-refractivity contribution >= 4 is 11.1 Å². The first-order valence-electron chi connectivity index (χ1n) is 5.11. The number of nitrogens with zero attached hydrogens (tertiary/aromatic N) is 2. The molecule has 4 nitrogen and oxygen atoms in total. The van der Waals surface area contributed by atoms with Gasteiger partial charge in [-0.2, -0.15) is 5.26 Å². The van der Waals surface area contributed by atoms with Crippen LogP contribution in [-0.4, -0.2) is 11.6 Å². The fourth-order valence-corrected chi connectivity index (χ4v) is 1.38. The van der Waals surface area contributed by atoms with Crippen molar-refractivity contribution in [2.75, 3.05) is 6.61 Å². The van der Waals surface area contributed by atoms with Gasteiger partial charge >= 0.3 is 0 Å². The topological polar surface area (TPSA) is 59.0 Å². The Bertz CT molecular complexity index is 537. The molecule has 0 saturated heterocycles. The summed E-state index contributed by atoms with van der Waals surface area (Å²) in [5, 5.41) is 8.41. The zero-order valence-corrected chi connectivity index (χ0v) is 9.23. The fourth-order valence-electron chi connectivity index (χ4n) is 1.38. The Balaban J connectivity index is 2.35. The van der Waals surface area contributed by atoms with Crippen molar-refractivity contribution < 1.29 is 9.15 Å². The Hall–Kier alpha value is -2.02. The molecule has 0 aliphatic heterocycles. The van der Waals surface area contributed by atoms with E-state index >= 15 is 0 Å². The highest BCUT2D eigenvalue weighted by molar-refractivity contribution is 5.74. The van der Waals surface area contributed by atoms with Crippen LogP contribution in [0.25, 0.3) is 11.1 Å². The maximum Gasteiger partial charge on any atom is 0.198 e. The maximum atomic E-state index is 8.41. The van der Waals surface area contributed by atoms with Crippen LogP contribution in [0.2, 0.25) is 0 Å². The molecule has 0 N–H and O–H groups in total. The van der Waals surface area contributed by atoms with Gasteiger partial charge in [0.1, 0.15) is 17.3 Å². The number of aromatic nitrogens is 1. The number of oxazole rings is 1. The Labute approximate surface area is 93.5 Å². The van der Waals surface area contributed by atoms with E-state index in [-0.39, 0.29) is 12.5 Å². The zero-order valence-electron chi connectivity index (χ0n) is 9.23. The van der Waals surface area contributed by atoms with E-state index in [4.69, 9.17) is 14.4 Å². The Morgan fingerprint density at radius 2 is 2.31 bits per heavy atom. The highest BCUT2D eigenvalue weighted by atomic mass is 16.5. The summed E-state index contributed by atoms with van der Waals surface area (Å²) >= 11 is 0. The van der Waals surface area contributed by atoms with Gasteiger partial charge in [0.05, 0.1) is 0 Å². The van der Waals surface area contributed by atoms with Gasteiger partial charge in [0.15, 0.2) is 18.1 Å². The molecule has 0 saturated carbocycles. The van der Waals surface area contributed by atoms with Crippen LogP contribution in [0.15, 0.2) is 22.6 Å². The summed E-state index contributed by atoms with van der Waals surface area (Å²) in [6.45, 7) is 4.09. The van der Waals surface area contributed by atoms with Crippen molar-refractivity contribution in [3.8, 4) is 11.8 Å². The predicted molar refractivity (Wildman–Crippen MR) is 59.2 cm³/mol. The molecule has 1 aromatic carbocycles. The molecule has 0 spiro atoms. The van der Waals surface area contributed by atoms with Crippen LogP contribution >= 0.6 is 0 Å². The summed E-state index contributed by atoms with van der Waals surface area (Å²) in [6, 6.07) is 7.29. The normalized spacial score (nSPS) is 10.6. The van der Waals surface area contributed by atoms with Crippen LogP contribution in [0, 0.1) is 11.3 Å². The van der Waals surface area contributed by atoms with E-state index in [1.54, 1.807) is 12.1 Å². The van der Waals surface area contributed by atoms with E-state index in [0.29, 0.717) is 17.2 Å². The van der Waals surface area contributed by atoms with E-state index in [2.05, 4.69) is 4.98 Å². The molecule has 0 atom stereocenters. The SMILES string of the molecule is CC(C)c1nc2ccc(OCC#N)cc2o1. The molecule has 0 radical (unpaired) electrons. The molecule has 0 amide bonds. The second-order valence-corrected chi connectivity index (χ2v) is 3.78. The van der Waals surface area contributed by atoms with Crippen LogP contribution in [0.5, 0.6) is 5.75 Å². The molecule has 0 bridgehead atoms. The Kier molecular flexibility index (Phi) is 2.78. The molecular weight excluding hydrogens is 204 g/mol. The second kappa shape index (κ2) is 4.23. The molecule has 0 aliphatic carbocycles. The van der Waals surface area contributed by atoms with Crippen molar-refractivity contribution in [1.29, 1.82) is 5.26 Å². The molecule has 0 unspecified atom stereocenters. The fraction of sp³-hybridized carbons (Fsp3) is 0.333. The molecule has 1 aromatic heterocycles. The highest BCUT2D eigenvalue weighted by Crippen LogP contribution is 2.24. The third kappa shape index (κ3) is 1.98. The third-order valence-electron chi connectivity index (χ3n) is 2.17. The first-order valence-corrected chi connectivity index (χ1v) is 5.11. The third-order valence-corrected chi connectivity index (χ3v) is 2.17. The van der Waals surface area contributed by atoms with Gasteiger partial charge in [-0.1, -0.05) is 13.8 Å². The number of hydrogen-bond acceptors (Lipinski definition) is 4. The number of fused-ring (bicyclic) bond motifs is 1. The van der Waals surface area contributed by atoms with Crippen molar-refractivity contribution in [1.82, 2.24) is 4.98 Å². The van der Waals surface area contributed by atoms with Crippen molar-refractivity contribution in [2.24, 2.45) is 0 Å². The van der Waals surface area contributed by atoms with Gasteiger partial charge < -0.3 is 9.15 Å². The Morgan fingerprint density at radius 3 is 3.00 bits per heavy atom. The van der Waals surface area contributed by atoms with E-state index in [1.165, 1.54) is 0 Å². The summed E-state index contributed by atoms with van der Waals surface area (Å²) in [4.78, 5) is 4.35. The second-order valence-electron chi connectivity index (χ2n) is 3.78. The average molecular weight is 216 g/mol. The lowest BCUT2D eigenvalue weighted by molar-refractivity contribution is 0.368. The van der Waals surface area contributed by atoms with Crippen LogP contribution in [0.3, 0.4) is 0 Å². The molecule has 82 valence electrons. The number of ether oxygens (including phenoxy) is 1. The van der Waals surface area contributed by atoms with E-state index < -0.39 is 0 Å². The van der Waals surface area contributed by atoms with Crippen LogP contribution in [0.4, 0.5) is 0 Å². The maximum absolute atomic E-state index is 8.41. The summed E-state index contributed by atoms with van der Waals surface area (Å²) < 4.78 is 10.8. The summed E-state index contributed by atoms with van der Waals surface area (Å²) in [5.74, 6) is 1.60. The number of nitriles is 1. The molecular formula is C12H12N2O2. The quantitative estimate of drug-likeness (QED) is 0.791. The van der Waals surface area contributed by atoms with Gasteiger partial charge in [-0.25, -0.2) is 4.98 Å². The van der Waals surface area contributed by atoms with E-state index in [1.807, 2.05) is 26.0 Å². The van der Waals surface area contributed by atoms with Crippen molar-refractivity contribution in [3.05, 3.63) is 24.1 Å². The standard InChI is InChI=1S/C12H12N2O2/c1-8(2)12-14-10-4-3-9(15-6-5-13)7-11(10)16-12/h3-4,7-8H,6H2,1-2H3. The summed E-state index contributed by atoms with van der Waals surface area (Å²) in [6.07, 6.45) is 0. The molecule has 0 aliphatic rings. The molecule has 2 aromatic rings. The minimum Gasteiger partial charge on any atom is -0.479 e. The monoisotopic (exact) mass is 216 g/mol. The van der Waals surface area contributed by atoms with Gasteiger partial charge in [-0.15, -0.1) is 0 Å². The lowest BCUT2D eigenvalue weighted by Crippen LogP contribution is -1.92. The summed E-state index contributed by atoms with van der Waals surface area (Å²) in [7, 11) is 0. The highest BCUT2D eigenvalue weighted by Gasteiger charge is 2.09.